The van der Waals surface area contributed by atoms with Gasteiger partial charge in [-0.1, -0.05) is 41.9 Å². The molecule has 0 aliphatic carbocycles. The van der Waals surface area contributed by atoms with Crippen molar-refractivity contribution < 1.29 is 4.79 Å². The molecule has 0 atom stereocenters. The molecule has 0 bridgehead atoms. The number of halogens is 1. The Labute approximate surface area is 163 Å². The predicted octanol–water partition coefficient (Wildman–Crippen LogP) is 4.02. The zero-order valence-corrected chi connectivity index (χ0v) is 16.3. The molecule has 2 aromatic carbocycles. The molecule has 1 aromatic heterocycles. The highest BCUT2D eigenvalue weighted by molar-refractivity contribution is 6.33. The second-order valence-corrected chi connectivity index (χ2v) is 6.76. The van der Waals surface area contributed by atoms with Crippen LogP contribution in [-0.4, -0.2) is 28.9 Å². The second kappa shape index (κ2) is 7.76. The molecule has 138 valence electrons. The minimum Gasteiger partial charge on any atom is -0.366 e. The number of amides is 1. The first-order chi connectivity index (χ1) is 12.9. The van der Waals surface area contributed by atoms with Gasteiger partial charge in [-0.15, -0.1) is 0 Å². The molecule has 3 aromatic rings. The molecule has 2 N–H and O–H groups in total. The van der Waals surface area contributed by atoms with Gasteiger partial charge in [0.15, 0.2) is 0 Å². The smallest absolute Gasteiger partial charge is 0.249 e. The lowest BCUT2D eigenvalue weighted by molar-refractivity contribution is 0.0999. The zero-order valence-electron chi connectivity index (χ0n) is 15.5. The Hall–Kier alpha value is -2.92. The molecule has 0 aliphatic rings. The van der Waals surface area contributed by atoms with Gasteiger partial charge in [-0.2, -0.15) is 5.10 Å². The van der Waals surface area contributed by atoms with Crippen LogP contribution >= 0.6 is 11.6 Å². The summed E-state index contributed by atoms with van der Waals surface area (Å²) in [7, 11) is 1.71. The summed E-state index contributed by atoms with van der Waals surface area (Å²) in [5.41, 5.74) is 11.7. The number of nitrogens with zero attached hydrogens (tertiary/aromatic N) is 3. The van der Waals surface area contributed by atoms with Crippen LogP contribution in [0.4, 0.5) is 0 Å². The average molecular weight is 381 g/mol. The Bertz CT molecular complexity index is 1040. The summed E-state index contributed by atoms with van der Waals surface area (Å²) < 4.78 is 1.89. The first kappa shape index (κ1) is 18.9. The Balaban J connectivity index is 2.01. The highest BCUT2D eigenvalue weighted by Crippen LogP contribution is 2.30. The summed E-state index contributed by atoms with van der Waals surface area (Å²) in [4.78, 5) is 15.7. The lowest BCUT2D eigenvalue weighted by atomic mass is 10.0. The van der Waals surface area contributed by atoms with Crippen LogP contribution in [0.1, 0.15) is 32.9 Å². The number of aromatic nitrogens is 2. The summed E-state index contributed by atoms with van der Waals surface area (Å²) in [6, 6.07) is 13.2. The van der Waals surface area contributed by atoms with E-state index in [1.165, 1.54) is 0 Å². The number of nitrogens with two attached hydrogens (primary N) is 1. The second-order valence-electron chi connectivity index (χ2n) is 6.35. The van der Waals surface area contributed by atoms with Crippen molar-refractivity contribution in [2.24, 2.45) is 10.7 Å². The van der Waals surface area contributed by atoms with Crippen LogP contribution in [0, 0.1) is 13.8 Å². The molecule has 6 heteroatoms. The van der Waals surface area contributed by atoms with E-state index in [1.807, 2.05) is 48.9 Å². The Kier molecular flexibility index (Phi) is 5.42. The molecule has 0 spiro atoms. The molecule has 5 nitrogen and oxygen atoms in total. The number of rotatable bonds is 5. The largest absolute Gasteiger partial charge is 0.366 e. The van der Waals surface area contributed by atoms with Gasteiger partial charge in [0, 0.05) is 40.7 Å². The lowest BCUT2D eigenvalue weighted by Crippen LogP contribution is -2.15. The third-order valence-electron chi connectivity index (χ3n) is 4.54. The van der Waals surface area contributed by atoms with Crippen molar-refractivity contribution >= 4 is 23.7 Å². The molecular formula is C21H21ClN4O. The van der Waals surface area contributed by atoms with Crippen LogP contribution in [0.15, 0.2) is 47.5 Å². The number of aryl methyl sites for hydroxylation is 1. The van der Waals surface area contributed by atoms with E-state index in [1.54, 1.807) is 25.4 Å². The number of hydrogen-bond donors (Lipinski definition) is 1. The standard InChI is InChI=1S/C21H21ClN4O/c1-13-20(15-8-9-16(11-24-3)19(22)10-15)14(2)26(25-13)12-17-6-4-5-7-18(17)21(23)27/h4-11H,12H2,1-3H3,(H2,23,27). The van der Waals surface area contributed by atoms with E-state index in [4.69, 9.17) is 17.3 Å². The number of hydrogen-bond acceptors (Lipinski definition) is 3. The van der Waals surface area contributed by atoms with E-state index in [9.17, 15) is 4.79 Å². The summed E-state index contributed by atoms with van der Waals surface area (Å²) in [6.07, 6.45) is 1.73. The topological polar surface area (TPSA) is 73.3 Å². The molecule has 0 aliphatic heterocycles. The zero-order chi connectivity index (χ0) is 19.6. The van der Waals surface area contributed by atoms with Gasteiger partial charge in [0.1, 0.15) is 0 Å². The number of aliphatic imine (C=N–C) groups is 1. The summed E-state index contributed by atoms with van der Waals surface area (Å²) in [6.45, 7) is 4.45. The van der Waals surface area contributed by atoms with E-state index >= 15 is 0 Å². The van der Waals surface area contributed by atoms with Crippen molar-refractivity contribution in [2.75, 3.05) is 7.05 Å². The molecular weight excluding hydrogens is 360 g/mol. The fourth-order valence-corrected chi connectivity index (χ4v) is 3.48. The van der Waals surface area contributed by atoms with E-state index in [0.717, 1.165) is 33.6 Å². The normalized spacial score (nSPS) is 11.3. The molecule has 3 rings (SSSR count). The first-order valence-electron chi connectivity index (χ1n) is 8.56. The third-order valence-corrected chi connectivity index (χ3v) is 4.87. The van der Waals surface area contributed by atoms with Gasteiger partial charge in [0.25, 0.3) is 0 Å². The van der Waals surface area contributed by atoms with E-state index in [0.29, 0.717) is 17.1 Å². The van der Waals surface area contributed by atoms with Crippen LogP contribution in [0.25, 0.3) is 11.1 Å². The van der Waals surface area contributed by atoms with Gasteiger partial charge in [-0.05, 0) is 37.1 Å². The molecule has 0 saturated carbocycles. The molecule has 0 radical (unpaired) electrons. The van der Waals surface area contributed by atoms with Crippen LogP contribution < -0.4 is 5.73 Å². The lowest BCUT2D eigenvalue weighted by Gasteiger charge is -2.09. The summed E-state index contributed by atoms with van der Waals surface area (Å²) in [5, 5.41) is 5.31. The van der Waals surface area contributed by atoms with Crippen molar-refractivity contribution in [3.63, 3.8) is 0 Å². The molecule has 27 heavy (non-hydrogen) atoms. The van der Waals surface area contributed by atoms with Crippen molar-refractivity contribution in [1.29, 1.82) is 0 Å². The van der Waals surface area contributed by atoms with Gasteiger partial charge in [-0.3, -0.25) is 14.5 Å². The SMILES string of the molecule is CN=Cc1ccc(-c2c(C)nn(Cc3ccccc3C(N)=O)c2C)cc1Cl. The van der Waals surface area contributed by atoms with Gasteiger partial charge in [0.05, 0.1) is 12.2 Å². The number of primary amides is 1. The van der Waals surface area contributed by atoms with Crippen LogP contribution in [0.2, 0.25) is 5.02 Å². The van der Waals surface area contributed by atoms with Crippen molar-refractivity contribution in [2.45, 2.75) is 20.4 Å². The van der Waals surface area contributed by atoms with E-state index in [-0.39, 0.29) is 0 Å². The van der Waals surface area contributed by atoms with Gasteiger partial charge >= 0.3 is 0 Å². The Morgan fingerprint density at radius 3 is 2.67 bits per heavy atom. The van der Waals surface area contributed by atoms with Crippen LogP contribution in [-0.2, 0) is 6.54 Å². The van der Waals surface area contributed by atoms with Crippen molar-refractivity contribution in [1.82, 2.24) is 9.78 Å². The van der Waals surface area contributed by atoms with Crippen molar-refractivity contribution in [3.05, 3.63) is 75.6 Å². The van der Waals surface area contributed by atoms with Gasteiger partial charge in [0.2, 0.25) is 5.91 Å². The maximum atomic E-state index is 11.7. The van der Waals surface area contributed by atoms with Crippen LogP contribution in [0.3, 0.4) is 0 Å². The number of carbonyl (C=O) groups is 1. The highest BCUT2D eigenvalue weighted by atomic mass is 35.5. The quantitative estimate of drug-likeness (QED) is 0.679. The van der Waals surface area contributed by atoms with Crippen molar-refractivity contribution in [3.8, 4) is 11.1 Å². The summed E-state index contributed by atoms with van der Waals surface area (Å²) >= 11 is 6.39. The molecule has 0 unspecified atom stereocenters. The van der Waals surface area contributed by atoms with E-state index < -0.39 is 5.91 Å². The fraction of sp³-hybridized carbons (Fsp3) is 0.190. The molecule has 0 saturated heterocycles. The highest BCUT2D eigenvalue weighted by Gasteiger charge is 2.16. The average Bonchev–Trinajstić information content (AvgIpc) is 2.91. The third kappa shape index (κ3) is 3.78. The molecule has 0 fully saturated rings. The predicted molar refractivity (Wildman–Crippen MR) is 110 cm³/mol. The molecule has 1 heterocycles. The molecule has 1 amide bonds. The summed E-state index contributed by atoms with van der Waals surface area (Å²) in [5.74, 6) is -0.438. The number of benzene rings is 2. The fourth-order valence-electron chi connectivity index (χ4n) is 3.25. The maximum absolute atomic E-state index is 11.7. The first-order valence-corrected chi connectivity index (χ1v) is 8.94. The Morgan fingerprint density at radius 2 is 2.00 bits per heavy atom. The monoisotopic (exact) mass is 380 g/mol. The van der Waals surface area contributed by atoms with Gasteiger partial charge in [-0.25, -0.2) is 0 Å². The van der Waals surface area contributed by atoms with Gasteiger partial charge < -0.3 is 5.73 Å². The van der Waals surface area contributed by atoms with E-state index in [2.05, 4.69) is 10.1 Å². The minimum absolute atomic E-state index is 0.438. The number of carbonyl (C=O) groups excluding carboxylic acids is 1. The van der Waals surface area contributed by atoms with Crippen LogP contribution in [0.5, 0.6) is 0 Å². The Morgan fingerprint density at radius 1 is 1.26 bits per heavy atom. The maximum Gasteiger partial charge on any atom is 0.249 e. The minimum atomic E-state index is -0.438.